The average Bonchev–Trinajstić information content (AvgIpc) is 1.85. The second-order valence-corrected chi connectivity index (χ2v) is 3.72. The van der Waals surface area contributed by atoms with Crippen LogP contribution in [0, 0.1) is 0 Å². The molecule has 66 valence electrons. The first-order chi connectivity index (χ1) is 4.95. The second kappa shape index (κ2) is 4.46. The van der Waals surface area contributed by atoms with Gasteiger partial charge in [-0.05, 0) is 0 Å². The van der Waals surface area contributed by atoms with E-state index in [1.54, 1.807) is 0 Å². The van der Waals surface area contributed by atoms with Gasteiger partial charge in [-0.1, -0.05) is 0 Å². The van der Waals surface area contributed by atoms with E-state index < -0.39 is 13.5 Å². The van der Waals surface area contributed by atoms with Gasteiger partial charge in [0.15, 0.2) is 0 Å². The molecule has 0 aromatic heterocycles. The Balaban J connectivity index is 3.43. The molecule has 1 amide bonds. The third-order valence-electron chi connectivity index (χ3n) is 0.911. The zero-order chi connectivity index (χ0) is 8.91. The normalized spacial score (nSPS) is 11.2. The molecule has 0 bridgehead atoms. The summed E-state index contributed by atoms with van der Waals surface area (Å²) in [5.74, 6) is -0.418. The van der Waals surface area contributed by atoms with Crippen LogP contribution in [-0.4, -0.2) is 34.9 Å². The molecule has 0 fully saturated rings. The van der Waals surface area contributed by atoms with Crippen molar-refractivity contribution in [3.63, 3.8) is 0 Å². The Labute approximate surface area is 63.9 Å². The van der Waals surface area contributed by atoms with E-state index in [0.29, 0.717) is 0 Å². The van der Waals surface area contributed by atoms with Gasteiger partial charge < -0.3 is 20.8 Å². The molecular weight excluding hydrogens is 171 g/mol. The highest BCUT2D eigenvalue weighted by atomic mass is 31.2. The monoisotopic (exact) mass is 182 g/mol. The minimum atomic E-state index is -3.99. The Bertz CT molecular complexity index is 177. The molecule has 0 aromatic rings. The number of amides is 1. The van der Waals surface area contributed by atoms with Crippen molar-refractivity contribution in [2.45, 2.75) is 0 Å². The maximum atomic E-state index is 10.4. The lowest BCUT2D eigenvalue weighted by atomic mass is 10.6. The Kier molecular flexibility index (Phi) is 4.29. The first-order valence-electron chi connectivity index (χ1n) is 2.97. The molecule has 0 saturated carbocycles. The quantitative estimate of drug-likeness (QED) is 0.385. The van der Waals surface area contributed by atoms with Crippen molar-refractivity contribution < 1.29 is 19.1 Å². The maximum absolute atomic E-state index is 10.4. The number of rotatable bonds is 4. The molecule has 6 nitrogen and oxygen atoms in total. The first-order valence-corrected chi connectivity index (χ1v) is 4.77. The predicted octanol–water partition coefficient (Wildman–Crippen LogP) is -1.76. The van der Waals surface area contributed by atoms with Crippen LogP contribution in [0.25, 0.3) is 0 Å². The van der Waals surface area contributed by atoms with Crippen LogP contribution in [0.4, 0.5) is 0 Å². The van der Waals surface area contributed by atoms with Crippen LogP contribution in [-0.2, 0) is 9.36 Å². The lowest BCUT2D eigenvalue weighted by Gasteiger charge is -2.04. The van der Waals surface area contributed by atoms with Crippen LogP contribution >= 0.6 is 7.60 Å². The number of nitrogens with two attached hydrogens (primary N) is 1. The summed E-state index contributed by atoms with van der Waals surface area (Å²) in [6, 6.07) is 0. The summed E-state index contributed by atoms with van der Waals surface area (Å²) < 4.78 is 10.2. The molecule has 0 aliphatic rings. The van der Waals surface area contributed by atoms with E-state index >= 15 is 0 Å². The van der Waals surface area contributed by atoms with Gasteiger partial charge in [0.2, 0.25) is 5.91 Å². The van der Waals surface area contributed by atoms with Gasteiger partial charge in [0.25, 0.3) is 0 Å². The van der Waals surface area contributed by atoms with Gasteiger partial charge in [-0.3, -0.25) is 9.36 Å². The van der Waals surface area contributed by atoms with Crippen LogP contribution in [0.2, 0.25) is 0 Å². The van der Waals surface area contributed by atoms with Crippen LogP contribution in [0.3, 0.4) is 0 Å². The van der Waals surface area contributed by atoms with E-state index in [9.17, 15) is 9.36 Å². The van der Waals surface area contributed by atoms with Gasteiger partial charge in [0, 0.05) is 6.54 Å². The first kappa shape index (κ1) is 10.6. The fourth-order valence-corrected chi connectivity index (χ4v) is 0.816. The zero-order valence-corrected chi connectivity index (χ0v) is 6.75. The topological polar surface area (TPSA) is 113 Å². The highest BCUT2D eigenvalue weighted by molar-refractivity contribution is 7.51. The third-order valence-corrected chi connectivity index (χ3v) is 1.72. The van der Waals surface area contributed by atoms with Crippen molar-refractivity contribution >= 4 is 13.5 Å². The summed E-state index contributed by atoms with van der Waals surface area (Å²) in [6.07, 6.45) is -0.348. The number of carbonyl (C=O) groups excluding carboxylic acids is 1. The molecule has 0 unspecified atom stereocenters. The van der Waals surface area contributed by atoms with Gasteiger partial charge >= 0.3 is 7.60 Å². The Hall–Kier alpha value is -0.420. The molecular formula is C4H11N2O4P. The fourth-order valence-electron chi connectivity index (χ4n) is 0.413. The summed E-state index contributed by atoms with van der Waals surface area (Å²) in [4.78, 5) is 27.1. The molecule has 0 rings (SSSR count). The Morgan fingerprint density at radius 3 is 2.45 bits per heavy atom. The van der Waals surface area contributed by atoms with Gasteiger partial charge in [0.1, 0.15) is 0 Å². The molecule has 0 radical (unpaired) electrons. The highest BCUT2D eigenvalue weighted by Crippen LogP contribution is 2.32. The van der Waals surface area contributed by atoms with Crippen molar-refractivity contribution in [3.05, 3.63) is 0 Å². The summed E-state index contributed by atoms with van der Waals surface area (Å²) in [7, 11) is -3.99. The predicted molar refractivity (Wildman–Crippen MR) is 39.0 cm³/mol. The van der Waals surface area contributed by atoms with E-state index in [4.69, 9.17) is 15.5 Å². The Morgan fingerprint density at radius 1 is 1.55 bits per heavy atom. The number of hydrogen-bond acceptors (Lipinski definition) is 3. The van der Waals surface area contributed by atoms with Crippen molar-refractivity contribution in [3.8, 4) is 0 Å². The van der Waals surface area contributed by atoms with Gasteiger partial charge in [-0.2, -0.15) is 0 Å². The molecule has 0 aliphatic carbocycles. The molecule has 0 spiro atoms. The minimum absolute atomic E-state index is 0.0414. The van der Waals surface area contributed by atoms with Crippen molar-refractivity contribution in [2.75, 3.05) is 19.3 Å². The molecule has 0 heterocycles. The summed E-state index contributed by atoms with van der Waals surface area (Å²) in [5.41, 5.74) is 4.92. The third kappa shape index (κ3) is 7.48. The smallest absolute Gasteiger partial charge is 0.327 e. The summed E-state index contributed by atoms with van der Waals surface area (Å²) >= 11 is 0. The fraction of sp³-hybridized carbons (Fsp3) is 0.750. The summed E-state index contributed by atoms with van der Waals surface area (Å²) in [5, 5.41) is 2.23. The van der Waals surface area contributed by atoms with E-state index in [0.717, 1.165) is 0 Å². The maximum Gasteiger partial charge on any atom is 0.327 e. The van der Waals surface area contributed by atoms with Crippen molar-refractivity contribution in [1.29, 1.82) is 0 Å². The minimum Gasteiger partial charge on any atom is -0.354 e. The lowest BCUT2D eigenvalue weighted by Crippen LogP contribution is -2.32. The van der Waals surface area contributed by atoms with Crippen molar-refractivity contribution in [1.82, 2.24) is 5.32 Å². The van der Waals surface area contributed by atoms with Crippen LogP contribution in [0.15, 0.2) is 0 Å². The van der Waals surface area contributed by atoms with E-state index in [1.807, 2.05) is 0 Å². The van der Waals surface area contributed by atoms with Crippen LogP contribution in [0.5, 0.6) is 0 Å². The van der Waals surface area contributed by atoms with Gasteiger partial charge in [-0.15, -0.1) is 0 Å². The zero-order valence-electron chi connectivity index (χ0n) is 5.86. The van der Waals surface area contributed by atoms with Crippen molar-refractivity contribution in [2.24, 2.45) is 5.73 Å². The average molecular weight is 182 g/mol. The SMILES string of the molecule is NCC(=O)NCCP(=O)(O)O. The molecule has 7 heteroatoms. The van der Waals surface area contributed by atoms with E-state index in [-0.39, 0.29) is 19.3 Å². The second-order valence-electron chi connectivity index (χ2n) is 1.94. The molecule has 0 atom stereocenters. The van der Waals surface area contributed by atoms with E-state index in [1.165, 1.54) is 0 Å². The Morgan fingerprint density at radius 2 is 2.09 bits per heavy atom. The number of carbonyl (C=O) groups is 1. The molecule has 0 aliphatic heterocycles. The van der Waals surface area contributed by atoms with Crippen LogP contribution < -0.4 is 11.1 Å². The molecule has 0 aromatic carbocycles. The molecule has 5 N–H and O–H groups in total. The number of hydrogen-bond donors (Lipinski definition) is 4. The van der Waals surface area contributed by atoms with Gasteiger partial charge in [0.05, 0.1) is 12.7 Å². The van der Waals surface area contributed by atoms with Crippen LogP contribution in [0.1, 0.15) is 0 Å². The molecule has 11 heavy (non-hydrogen) atoms. The summed E-state index contributed by atoms with van der Waals surface area (Å²) in [6.45, 7) is -0.207. The largest absolute Gasteiger partial charge is 0.354 e. The van der Waals surface area contributed by atoms with E-state index in [2.05, 4.69) is 5.32 Å². The molecule has 0 saturated heterocycles. The highest BCUT2D eigenvalue weighted by Gasteiger charge is 2.11. The standard InChI is InChI=1S/C4H11N2O4P/c5-3-4(7)6-1-2-11(8,9)10/h1-3,5H2,(H,6,7)(H2,8,9,10). The lowest BCUT2D eigenvalue weighted by molar-refractivity contribution is -0.119. The van der Waals surface area contributed by atoms with Gasteiger partial charge in [-0.25, -0.2) is 0 Å². The number of nitrogens with one attached hydrogen (secondary N) is 1.